The summed E-state index contributed by atoms with van der Waals surface area (Å²) >= 11 is 1.38. The monoisotopic (exact) mass is 440 g/mol. The first kappa shape index (κ1) is 22.9. The molecule has 1 aromatic rings. The fourth-order valence-electron chi connectivity index (χ4n) is 4.28. The van der Waals surface area contributed by atoms with E-state index < -0.39 is 12.4 Å². The Morgan fingerprint density at radius 2 is 2.03 bits per heavy atom. The molecule has 30 heavy (non-hydrogen) atoms. The number of ether oxygens (including phenoxy) is 1. The number of carbonyl (C=O) groups excluding carboxylic acids is 2. The van der Waals surface area contributed by atoms with E-state index in [9.17, 15) is 18.4 Å². The van der Waals surface area contributed by atoms with E-state index in [-0.39, 0.29) is 18.5 Å². The summed E-state index contributed by atoms with van der Waals surface area (Å²) < 4.78 is 30.5. The maximum Gasteiger partial charge on any atom is 0.350 e. The van der Waals surface area contributed by atoms with Gasteiger partial charge in [0.25, 0.3) is 6.43 Å². The first-order valence-electron chi connectivity index (χ1n) is 10.7. The lowest BCUT2D eigenvalue weighted by Gasteiger charge is -2.38. The molecule has 1 saturated heterocycles. The van der Waals surface area contributed by atoms with Crippen LogP contribution in [0.15, 0.2) is 12.1 Å². The van der Waals surface area contributed by atoms with Crippen LogP contribution in [-0.4, -0.2) is 56.0 Å². The van der Waals surface area contributed by atoms with Gasteiger partial charge in [-0.1, -0.05) is 13.0 Å². The molecule has 5 nitrogen and oxygen atoms in total. The molecule has 2 aliphatic rings. The number of carbonyl (C=O) groups is 2. The van der Waals surface area contributed by atoms with Crippen molar-refractivity contribution in [1.29, 1.82) is 0 Å². The molecule has 1 fully saturated rings. The largest absolute Gasteiger partial charge is 0.465 e. The number of methoxy groups -OCH3 is 1. The van der Waals surface area contributed by atoms with Crippen molar-refractivity contribution in [3.8, 4) is 0 Å². The number of halogens is 2. The smallest absolute Gasteiger partial charge is 0.350 e. The summed E-state index contributed by atoms with van der Waals surface area (Å²) in [6.45, 7) is 2.59. The van der Waals surface area contributed by atoms with Crippen molar-refractivity contribution in [1.82, 2.24) is 4.90 Å². The molecule has 2 heterocycles. The predicted molar refractivity (Wildman–Crippen MR) is 115 cm³/mol. The van der Waals surface area contributed by atoms with Gasteiger partial charge >= 0.3 is 5.97 Å². The lowest BCUT2D eigenvalue weighted by Crippen LogP contribution is -2.48. The van der Waals surface area contributed by atoms with Gasteiger partial charge in [-0.2, -0.15) is 0 Å². The van der Waals surface area contributed by atoms with Crippen LogP contribution in [0.3, 0.4) is 0 Å². The predicted octanol–water partition coefficient (Wildman–Crippen LogP) is 4.96. The lowest BCUT2D eigenvalue weighted by molar-refractivity contribution is -0.119. The summed E-state index contributed by atoms with van der Waals surface area (Å²) in [5, 5.41) is 0. The van der Waals surface area contributed by atoms with Gasteiger partial charge < -0.3 is 9.64 Å². The average Bonchev–Trinajstić information content (AvgIpc) is 3.19. The molecule has 0 aromatic carbocycles. The van der Waals surface area contributed by atoms with E-state index in [4.69, 9.17) is 4.74 Å². The molecule has 0 unspecified atom stereocenters. The number of rotatable bonds is 7. The van der Waals surface area contributed by atoms with Gasteiger partial charge in [-0.05, 0) is 50.2 Å². The molecule has 1 aromatic heterocycles. The third-order valence-corrected chi connectivity index (χ3v) is 7.02. The summed E-state index contributed by atoms with van der Waals surface area (Å²) in [6.07, 6.45) is 5.66. The van der Waals surface area contributed by atoms with Gasteiger partial charge in [0.2, 0.25) is 5.91 Å². The Hall–Kier alpha value is -1.80. The molecule has 0 spiro atoms. The normalized spacial score (nSPS) is 18.4. The summed E-state index contributed by atoms with van der Waals surface area (Å²) in [6, 6.07) is 1.84. The molecule has 3 rings (SSSR count). The third-order valence-electron chi connectivity index (χ3n) is 5.84. The van der Waals surface area contributed by atoms with Crippen molar-refractivity contribution in [3.63, 3.8) is 0 Å². The van der Waals surface area contributed by atoms with E-state index in [1.54, 1.807) is 16.7 Å². The zero-order valence-corrected chi connectivity index (χ0v) is 18.5. The van der Waals surface area contributed by atoms with E-state index >= 15 is 0 Å². The minimum Gasteiger partial charge on any atom is -0.465 e. The first-order chi connectivity index (χ1) is 14.4. The van der Waals surface area contributed by atoms with Gasteiger partial charge in [-0.15, -0.1) is 11.3 Å². The van der Waals surface area contributed by atoms with Crippen LogP contribution >= 0.6 is 11.3 Å². The molecule has 0 N–H and O–H groups in total. The van der Waals surface area contributed by atoms with Crippen molar-refractivity contribution in [3.05, 3.63) is 21.9 Å². The van der Waals surface area contributed by atoms with Crippen LogP contribution in [0.4, 0.5) is 14.5 Å². The van der Waals surface area contributed by atoms with Crippen LogP contribution < -0.4 is 4.90 Å². The fraction of sp³-hybridized carbons (Fsp3) is 0.636. The van der Waals surface area contributed by atoms with Crippen LogP contribution in [0.1, 0.15) is 66.4 Å². The van der Waals surface area contributed by atoms with Crippen LogP contribution in [0.2, 0.25) is 0 Å². The molecule has 0 radical (unpaired) electrons. The number of esters is 1. The Bertz CT molecular complexity index is 785. The second kappa shape index (κ2) is 10.5. The topological polar surface area (TPSA) is 49.9 Å². The molecule has 0 atom stereocenters. The molecule has 0 bridgehead atoms. The number of alkyl halides is 2. The van der Waals surface area contributed by atoms with Crippen molar-refractivity contribution < 1.29 is 23.1 Å². The second-order valence-corrected chi connectivity index (χ2v) is 8.88. The Labute approximate surface area is 180 Å². The Kier molecular flexibility index (Phi) is 7.99. The molecule has 8 heteroatoms. The van der Waals surface area contributed by atoms with E-state index in [0.29, 0.717) is 42.9 Å². The zero-order valence-electron chi connectivity index (χ0n) is 17.7. The van der Waals surface area contributed by atoms with Gasteiger partial charge in [0.05, 0.1) is 19.3 Å². The number of likely N-dealkylation sites (tertiary alicyclic amines) is 1. The van der Waals surface area contributed by atoms with Crippen LogP contribution in [0, 0.1) is 0 Å². The van der Waals surface area contributed by atoms with E-state index in [1.807, 2.05) is 6.07 Å². The van der Waals surface area contributed by atoms with Gasteiger partial charge in [-0.25, -0.2) is 13.6 Å². The number of piperidine rings is 1. The van der Waals surface area contributed by atoms with Crippen molar-refractivity contribution in [2.45, 2.75) is 64.3 Å². The SMILES string of the molecule is CCC(=O)N(c1cc(C2=CCCCC2)sc1C(=O)OC)C1CCN(CC(F)F)CC1. The van der Waals surface area contributed by atoms with Gasteiger partial charge in [0, 0.05) is 30.4 Å². The minimum absolute atomic E-state index is 0.0607. The number of nitrogens with zero attached hydrogens (tertiary/aromatic N) is 2. The minimum atomic E-state index is -2.36. The summed E-state index contributed by atoms with van der Waals surface area (Å²) in [5.74, 6) is -0.504. The number of hydrogen-bond donors (Lipinski definition) is 0. The second-order valence-electron chi connectivity index (χ2n) is 7.83. The third kappa shape index (κ3) is 5.27. The number of allylic oxidation sites excluding steroid dienone is 2. The maximum atomic E-state index is 12.9. The Morgan fingerprint density at radius 1 is 1.30 bits per heavy atom. The van der Waals surface area contributed by atoms with Crippen molar-refractivity contribution in [2.75, 3.05) is 31.6 Å². The highest BCUT2D eigenvalue weighted by Gasteiger charge is 2.33. The molecule has 1 aliphatic heterocycles. The summed E-state index contributed by atoms with van der Waals surface area (Å²) in [4.78, 5) is 30.4. The first-order valence-corrected chi connectivity index (χ1v) is 11.5. The molecule has 1 aliphatic carbocycles. The number of thiophene rings is 1. The zero-order chi connectivity index (χ0) is 21.7. The van der Waals surface area contributed by atoms with E-state index in [2.05, 4.69) is 6.08 Å². The molecular weight excluding hydrogens is 410 g/mol. The molecule has 0 saturated carbocycles. The highest BCUT2D eigenvalue weighted by molar-refractivity contribution is 7.15. The fourth-order valence-corrected chi connectivity index (χ4v) is 5.42. The van der Waals surface area contributed by atoms with E-state index in [1.165, 1.54) is 30.4 Å². The average molecular weight is 441 g/mol. The van der Waals surface area contributed by atoms with Crippen molar-refractivity contribution in [2.24, 2.45) is 0 Å². The quantitative estimate of drug-likeness (QED) is 0.562. The standard InChI is InChI=1S/C22H30F2N2O3S/c1-3-20(27)26(16-9-11-25(12-10-16)14-19(23)24)17-13-18(15-7-5-4-6-8-15)30-21(17)22(28)29-2/h7,13,16,19H,3-6,8-12,14H2,1-2H3. The van der Waals surface area contributed by atoms with Crippen LogP contribution in [-0.2, 0) is 9.53 Å². The molecular formula is C22H30F2N2O3S. The highest BCUT2D eigenvalue weighted by atomic mass is 32.1. The van der Waals surface area contributed by atoms with Gasteiger partial charge in [0.15, 0.2) is 0 Å². The summed E-state index contributed by atoms with van der Waals surface area (Å²) in [7, 11) is 1.35. The highest BCUT2D eigenvalue weighted by Crippen LogP contribution is 2.40. The Balaban J connectivity index is 1.91. The van der Waals surface area contributed by atoms with Gasteiger partial charge in [-0.3, -0.25) is 9.69 Å². The van der Waals surface area contributed by atoms with Crippen molar-refractivity contribution >= 4 is 34.5 Å². The lowest BCUT2D eigenvalue weighted by atomic mass is 9.98. The molecule has 166 valence electrons. The van der Waals surface area contributed by atoms with Crippen LogP contribution in [0.25, 0.3) is 5.57 Å². The Morgan fingerprint density at radius 3 is 2.60 bits per heavy atom. The van der Waals surface area contributed by atoms with Crippen LogP contribution in [0.5, 0.6) is 0 Å². The van der Waals surface area contributed by atoms with E-state index in [0.717, 1.165) is 24.1 Å². The van der Waals surface area contributed by atoms with Gasteiger partial charge in [0.1, 0.15) is 4.88 Å². The maximum absolute atomic E-state index is 12.9. The number of amides is 1. The summed E-state index contributed by atoms with van der Waals surface area (Å²) in [5.41, 5.74) is 1.82. The number of anilines is 1. The number of hydrogen-bond acceptors (Lipinski definition) is 5. The molecule has 1 amide bonds.